The molecule has 0 spiro atoms. The predicted octanol–water partition coefficient (Wildman–Crippen LogP) is 21.7. The molecule has 400 valence electrons. The summed E-state index contributed by atoms with van der Waals surface area (Å²) in [5.41, 5.74) is 30.9. The van der Waals surface area contributed by atoms with Crippen molar-refractivity contribution >= 4 is 17.1 Å². The second-order valence-corrected chi connectivity index (χ2v) is 26.4. The lowest BCUT2D eigenvalue weighted by Crippen LogP contribution is -2.29. The van der Waals surface area contributed by atoms with E-state index in [1.165, 1.54) is 122 Å². The number of para-hydroxylation sites is 1. The fourth-order valence-electron chi connectivity index (χ4n) is 14.7. The molecule has 1 heteroatoms. The topological polar surface area (TPSA) is 3.24 Å². The van der Waals surface area contributed by atoms with Crippen molar-refractivity contribution in [3.8, 4) is 66.8 Å². The summed E-state index contributed by atoms with van der Waals surface area (Å²) in [5.74, 6) is 0. The number of nitrogens with zero attached hydrogens (tertiary/aromatic N) is 1. The summed E-state index contributed by atoms with van der Waals surface area (Å²) >= 11 is 0. The Bertz CT molecular complexity index is 4260. The van der Waals surface area contributed by atoms with E-state index in [2.05, 4.69) is 323 Å². The normalized spacial score (nSPS) is 14.8. The van der Waals surface area contributed by atoms with E-state index in [-0.39, 0.29) is 21.7 Å². The maximum atomic E-state index is 2.57. The van der Waals surface area contributed by atoms with Crippen molar-refractivity contribution in [2.24, 2.45) is 0 Å². The van der Waals surface area contributed by atoms with Crippen molar-refractivity contribution < 1.29 is 0 Å². The third kappa shape index (κ3) is 7.72. The van der Waals surface area contributed by atoms with Gasteiger partial charge in [0.15, 0.2) is 0 Å². The molecule has 0 radical (unpaired) electrons. The van der Waals surface area contributed by atoms with Crippen LogP contribution in [0.15, 0.2) is 249 Å². The molecule has 3 aliphatic rings. The average Bonchev–Trinajstić information content (AvgIpc) is 4.07. The predicted molar refractivity (Wildman–Crippen MR) is 347 cm³/mol. The lowest BCUT2D eigenvalue weighted by Gasteiger charge is -2.35. The smallest absolute Gasteiger partial charge is 0.0714 e. The second-order valence-electron chi connectivity index (χ2n) is 26.4. The van der Waals surface area contributed by atoms with Gasteiger partial charge >= 0.3 is 0 Å². The van der Waals surface area contributed by atoms with Crippen LogP contribution in [0, 0.1) is 0 Å². The Morgan fingerprint density at radius 1 is 0.293 bits per heavy atom. The molecule has 0 aliphatic heterocycles. The first kappa shape index (κ1) is 51.4. The van der Waals surface area contributed by atoms with Gasteiger partial charge in [0.1, 0.15) is 0 Å². The van der Waals surface area contributed by atoms with E-state index in [1.807, 2.05) is 0 Å². The third-order valence-electron chi connectivity index (χ3n) is 18.9. The van der Waals surface area contributed by atoms with Gasteiger partial charge in [-0.1, -0.05) is 288 Å². The molecule has 0 saturated heterocycles. The van der Waals surface area contributed by atoms with Crippen molar-refractivity contribution in [2.45, 2.75) is 96.3 Å². The van der Waals surface area contributed by atoms with Crippen LogP contribution in [0.25, 0.3) is 66.8 Å². The minimum Gasteiger partial charge on any atom is -0.309 e. The van der Waals surface area contributed by atoms with Crippen LogP contribution in [0.2, 0.25) is 0 Å². The van der Waals surface area contributed by atoms with E-state index in [4.69, 9.17) is 0 Å². The monoisotopic (exact) mass is 1060 g/mol. The molecule has 1 nitrogen and oxygen atoms in total. The first-order valence-corrected chi connectivity index (χ1v) is 29.5. The number of benzene rings is 11. The molecule has 0 saturated carbocycles. The van der Waals surface area contributed by atoms with Crippen LogP contribution >= 0.6 is 0 Å². The Balaban J connectivity index is 0.991. The van der Waals surface area contributed by atoms with E-state index in [0.29, 0.717) is 0 Å². The van der Waals surface area contributed by atoms with E-state index < -0.39 is 5.41 Å². The highest BCUT2D eigenvalue weighted by atomic mass is 15.1. The van der Waals surface area contributed by atoms with Crippen LogP contribution in [-0.2, 0) is 27.1 Å². The zero-order valence-electron chi connectivity index (χ0n) is 49.1. The molecular weight excluding hydrogens is 987 g/mol. The lowest BCUT2D eigenvalue weighted by atomic mass is 9.67. The number of anilines is 3. The number of rotatable bonds is 8. The van der Waals surface area contributed by atoms with Gasteiger partial charge in [-0.2, -0.15) is 0 Å². The minimum atomic E-state index is -0.609. The van der Waals surface area contributed by atoms with Gasteiger partial charge in [-0.05, 0) is 152 Å². The van der Waals surface area contributed by atoms with Crippen LogP contribution in [-0.4, -0.2) is 0 Å². The average molecular weight is 1060 g/mol. The number of hydrogen-bond acceptors (Lipinski definition) is 1. The van der Waals surface area contributed by atoms with Crippen LogP contribution < -0.4 is 4.90 Å². The van der Waals surface area contributed by atoms with E-state index in [1.54, 1.807) is 0 Å². The van der Waals surface area contributed by atoms with Gasteiger partial charge in [0.25, 0.3) is 0 Å². The molecule has 11 aromatic rings. The molecule has 0 amide bonds. The molecular formula is C81H71N. The van der Waals surface area contributed by atoms with Crippen LogP contribution in [0.1, 0.15) is 125 Å². The molecule has 0 bridgehead atoms. The maximum absolute atomic E-state index is 2.57. The molecule has 0 heterocycles. The minimum absolute atomic E-state index is 0.00782. The first-order valence-electron chi connectivity index (χ1n) is 29.5. The highest BCUT2D eigenvalue weighted by molar-refractivity contribution is 6.01. The Kier molecular flexibility index (Phi) is 11.7. The van der Waals surface area contributed by atoms with Crippen molar-refractivity contribution in [3.05, 3.63) is 304 Å². The summed E-state index contributed by atoms with van der Waals surface area (Å²) in [5, 5.41) is 0. The first-order chi connectivity index (χ1) is 39.5. The fraction of sp³-hybridized carbons (Fsp3) is 0.185. The van der Waals surface area contributed by atoms with Gasteiger partial charge < -0.3 is 4.90 Å². The van der Waals surface area contributed by atoms with Crippen molar-refractivity contribution in [2.75, 3.05) is 4.90 Å². The lowest BCUT2D eigenvalue weighted by molar-refractivity contribution is 0.588. The quantitative estimate of drug-likeness (QED) is 0.147. The molecule has 14 rings (SSSR count). The number of hydrogen-bond donors (Lipinski definition) is 0. The zero-order chi connectivity index (χ0) is 56.5. The summed E-state index contributed by atoms with van der Waals surface area (Å²) in [7, 11) is 0. The van der Waals surface area contributed by atoms with Gasteiger partial charge in [0.2, 0.25) is 0 Å². The molecule has 82 heavy (non-hydrogen) atoms. The SMILES string of the molecule is CC(C)(C)c1ccc(C2(c3ccc(C(C)(C)C)cc3)c3ccccc3-c3c(N(c4ccc(-c5ccccc5-c5cccc6c5C(C)(C)c5ccccc5-6)cc4)c4ccccc4-c4ccc5c(c4)C(C)(C)c4ccccc4-5)cccc32)cc1. The largest absolute Gasteiger partial charge is 0.309 e. The summed E-state index contributed by atoms with van der Waals surface area (Å²) in [6.07, 6.45) is 0. The van der Waals surface area contributed by atoms with Crippen LogP contribution in [0.4, 0.5) is 17.1 Å². The third-order valence-corrected chi connectivity index (χ3v) is 18.9. The highest BCUT2D eigenvalue weighted by Gasteiger charge is 2.48. The van der Waals surface area contributed by atoms with Gasteiger partial charge in [-0.25, -0.2) is 0 Å². The summed E-state index contributed by atoms with van der Waals surface area (Å²) < 4.78 is 0. The van der Waals surface area contributed by atoms with Gasteiger partial charge in [-0.3, -0.25) is 0 Å². The maximum Gasteiger partial charge on any atom is 0.0714 e. The van der Waals surface area contributed by atoms with Gasteiger partial charge in [-0.15, -0.1) is 0 Å². The Hall–Kier alpha value is -8.78. The van der Waals surface area contributed by atoms with Gasteiger partial charge in [0.05, 0.1) is 16.8 Å². The van der Waals surface area contributed by atoms with Crippen molar-refractivity contribution in [1.82, 2.24) is 0 Å². The zero-order valence-corrected chi connectivity index (χ0v) is 49.1. The Morgan fingerprint density at radius 2 is 0.720 bits per heavy atom. The summed E-state index contributed by atoms with van der Waals surface area (Å²) in [4.78, 5) is 2.57. The molecule has 0 N–H and O–H groups in total. The van der Waals surface area contributed by atoms with Crippen molar-refractivity contribution in [1.29, 1.82) is 0 Å². The molecule has 3 aliphatic carbocycles. The molecule has 0 atom stereocenters. The fourth-order valence-corrected chi connectivity index (χ4v) is 14.7. The van der Waals surface area contributed by atoms with E-state index in [9.17, 15) is 0 Å². The van der Waals surface area contributed by atoms with Crippen LogP contribution in [0.5, 0.6) is 0 Å². The Morgan fingerprint density at radius 3 is 1.33 bits per heavy atom. The summed E-state index contributed by atoms with van der Waals surface area (Å²) in [6, 6.07) is 95.1. The van der Waals surface area contributed by atoms with Crippen LogP contribution in [0.3, 0.4) is 0 Å². The highest BCUT2D eigenvalue weighted by Crippen LogP contribution is 2.61. The molecule has 0 aromatic heterocycles. The number of fused-ring (bicyclic) bond motifs is 9. The molecule has 11 aromatic carbocycles. The standard InChI is InChI=1S/C81H71N/c1-77(2,3)54-40-44-56(45-41-54)81(57-46-42-55(43-47-57)78(4,5)6)70-33-19-15-28-67(70)75-71(81)34-22-36-74(75)82(73-35-20-16-24-60(73)53-39-50-64-62-26-13-17-31-68(62)79(7,8)72(64)51-53)58-48-37-52(38-49-58)59-23-11-12-25-61(59)65-29-21-30-66-63-27-14-18-32-69(63)80(9,10)76(65)66/h11-51H,1-10H3. The van der Waals surface area contributed by atoms with E-state index >= 15 is 0 Å². The molecule has 0 fully saturated rings. The van der Waals surface area contributed by atoms with Gasteiger partial charge in [0, 0.05) is 27.6 Å². The second kappa shape index (κ2) is 18.6. The molecule has 0 unspecified atom stereocenters. The van der Waals surface area contributed by atoms with Crippen molar-refractivity contribution in [3.63, 3.8) is 0 Å². The van der Waals surface area contributed by atoms with E-state index in [0.717, 1.165) is 17.1 Å². The Labute approximate surface area is 486 Å². The summed E-state index contributed by atoms with van der Waals surface area (Å²) in [6.45, 7) is 23.4.